The first-order chi connectivity index (χ1) is 13.3. The molecular formula is C21H24FNO5. The number of methoxy groups -OCH3 is 2. The van der Waals surface area contributed by atoms with E-state index in [1.807, 2.05) is 0 Å². The van der Waals surface area contributed by atoms with Crippen LogP contribution in [0.1, 0.15) is 30.9 Å². The molecule has 0 aliphatic rings. The minimum Gasteiger partial charge on any atom is -0.497 e. The molecule has 0 aliphatic heterocycles. The normalized spacial score (nSPS) is 12.7. The number of ether oxygens (including phenoxy) is 2. The molecule has 7 heteroatoms. The Labute approximate surface area is 163 Å². The lowest BCUT2D eigenvalue weighted by Crippen LogP contribution is -2.45. The van der Waals surface area contributed by atoms with Gasteiger partial charge in [0.05, 0.1) is 26.2 Å². The Morgan fingerprint density at radius 1 is 1.14 bits per heavy atom. The van der Waals surface area contributed by atoms with Crippen LogP contribution >= 0.6 is 0 Å². The van der Waals surface area contributed by atoms with Gasteiger partial charge in [-0.3, -0.25) is 9.59 Å². The average molecular weight is 389 g/mol. The Balaban J connectivity index is 2.12. The number of hydrogen-bond donors (Lipinski definition) is 2. The summed E-state index contributed by atoms with van der Waals surface area (Å²) >= 11 is 0. The minimum absolute atomic E-state index is 0.0882. The van der Waals surface area contributed by atoms with E-state index in [-0.39, 0.29) is 24.5 Å². The second-order valence-corrected chi connectivity index (χ2v) is 6.65. The van der Waals surface area contributed by atoms with Crippen LogP contribution in [0, 0.1) is 5.82 Å². The van der Waals surface area contributed by atoms with E-state index in [0.29, 0.717) is 23.3 Å². The summed E-state index contributed by atoms with van der Waals surface area (Å²) in [6.45, 7) is 1.65. The lowest BCUT2D eigenvalue weighted by molar-refractivity contribution is -0.139. The summed E-state index contributed by atoms with van der Waals surface area (Å²) in [6.07, 6.45) is 0.113. The van der Waals surface area contributed by atoms with Gasteiger partial charge < -0.3 is 19.9 Å². The van der Waals surface area contributed by atoms with E-state index in [1.54, 1.807) is 37.3 Å². The molecule has 0 saturated heterocycles. The molecule has 2 rings (SSSR count). The Morgan fingerprint density at radius 3 is 2.50 bits per heavy atom. The predicted octanol–water partition coefficient (Wildman–Crippen LogP) is 3.28. The number of halogens is 1. The molecule has 1 amide bonds. The molecule has 0 aliphatic carbocycles. The quantitative estimate of drug-likeness (QED) is 0.688. The summed E-state index contributed by atoms with van der Waals surface area (Å²) in [5.41, 5.74) is 0.163. The van der Waals surface area contributed by atoms with Crippen molar-refractivity contribution in [2.45, 2.75) is 31.7 Å². The van der Waals surface area contributed by atoms with Crippen molar-refractivity contribution in [2.24, 2.45) is 0 Å². The number of aryl methyl sites for hydroxylation is 1. The lowest BCUT2D eigenvalue weighted by Gasteiger charge is -2.30. The molecule has 2 aromatic rings. The molecule has 0 fully saturated rings. The van der Waals surface area contributed by atoms with Crippen LogP contribution in [-0.2, 0) is 21.5 Å². The second kappa shape index (κ2) is 9.21. The highest BCUT2D eigenvalue weighted by Gasteiger charge is 2.31. The molecule has 0 bridgehead atoms. The summed E-state index contributed by atoms with van der Waals surface area (Å²) in [7, 11) is 2.90. The molecule has 0 heterocycles. The summed E-state index contributed by atoms with van der Waals surface area (Å²) in [5.74, 6) is -1.16. The fourth-order valence-electron chi connectivity index (χ4n) is 2.98. The zero-order valence-corrected chi connectivity index (χ0v) is 16.1. The van der Waals surface area contributed by atoms with Crippen molar-refractivity contribution < 1.29 is 28.6 Å². The van der Waals surface area contributed by atoms with Gasteiger partial charge in [-0.25, -0.2) is 4.39 Å². The first kappa shape index (κ1) is 21.2. The summed E-state index contributed by atoms with van der Waals surface area (Å²) in [5, 5.41) is 12.1. The fourth-order valence-corrected chi connectivity index (χ4v) is 2.98. The molecule has 2 aromatic carbocycles. The number of carbonyl (C=O) groups is 2. The Kier molecular flexibility index (Phi) is 6.98. The van der Waals surface area contributed by atoms with Crippen molar-refractivity contribution >= 4 is 11.9 Å². The Hall–Kier alpha value is -3.09. The highest BCUT2D eigenvalue weighted by Crippen LogP contribution is 2.28. The smallest absolute Gasteiger partial charge is 0.306 e. The van der Waals surface area contributed by atoms with E-state index in [9.17, 15) is 19.1 Å². The third-order valence-electron chi connectivity index (χ3n) is 4.48. The standard InChI is InChI=1S/C21H24FNO5/c1-21(13-20(25)26,15-5-4-6-16(12-15)27-2)23-19(24)10-8-14-7-9-18(28-3)17(22)11-14/h4-7,9,11-12H,8,10,13H2,1-3H3,(H,23,24)(H,25,26). The van der Waals surface area contributed by atoms with E-state index in [2.05, 4.69) is 5.32 Å². The first-order valence-electron chi connectivity index (χ1n) is 8.77. The Morgan fingerprint density at radius 2 is 1.89 bits per heavy atom. The zero-order chi connectivity index (χ0) is 20.7. The van der Waals surface area contributed by atoms with E-state index in [1.165, 1.54) is 26.4 Å². The number of aliphatic carboxylic acids is 1. The van der Waals surface area contributed by atoms with Crippen molar-refractivity contribution in [1.29, 1.82) is 0 Å². The molecule has 150 valence electrons. The molecule has 28 heavy (non-hydrogen) atoms. The van der Waals surface area contributed by atoms with Crippen LogP contribution in [-0.4, -0.2) is 31.2 Å². The van der Waals surface area contributed by atoms with Crippen LogP contribution in [0.3, 0.4) is 0 Å². The summed E-state index contributed by atoms with van der Waals surface area (Å²) < 4.78 is 23.8. The molecule has 0 aromatic heterocycles. The molecule has 0 spiro atoms. The molecule has 1 unspecified atom stereocenters. The maximum Gasteiger partial charge on any atom is 0.306 e. The number of carbonyl (C=O) groups excluding carboxylic acids is 1. The van der Waals surface area contributed by atoms with Crippen LogP contribution in [0.4, 0.5) is 4.39 Å². The van der Waals surface area contributed by atoms with E-state index < -0.39 is 17.3 Å². The topological polar surface area (TPSA) is 84.9 Å². The fraction of sp³-hybridized carbons (Fsp3) is 0.333. The van der Waals surface area contributed by atoms with Crippen LogP contribution in [0.2, 0.25) is 0 Å². The molecule has 2 N–H and O–H groups in total. The van der Waals surface area contributed by atoms with Gasteiger partial charge in [0.1, 0.15) is 5.75 Å². The number of rotatable bonds is 9. The third-order valence-corrected chi connectivity index (χ3v) is 4.48. The minimum atomic E-state index is -1.11. The van der Waals surface area contributed by atoms with Crippen molar-refractivity contribution in [3.8, 4) is 11.5 Å². The predicted molar refractivity (Wildman–Crippen MR) is 102 cm³/mol. The number of nitrogens with one attached hydrogen (secondary N) is 1. The van der Waals surface area contributed by atoms with E-state index in [4.69, 9.17) is 9.47 Å². The van der Waals surface area contributed by atoms with Crippen molar-refractivity contribution in [3.05, 3.63) is 59.4 Å². The van der Waals surface area contributed by atoms with Gasteiger partial charge in [0.25, 0.3) is 0 Å². The lowest BCUT2D eigenvalue weighted by atomic mass is 9.88. The molecule has 6 nitrogen and oxygen atoms in total. The second-order valence-electron chi connectivity index (χ2n) is 6.65. The van der Waals surface area contributed by atoms with Gasteiger partial charge in [-0.2, -0.15) is 0 Å². The maximum absolute atomic E-state index is 13.8. The number of carboxylic acid groups (broad SMARTS) is 1. The van der Waals surface area contributed by atoms with Gasteiger partial charge in [-0.05, 0) is 48.7 Å². The van der Waals surface area contributed by atoms with Gasteiger partial charge in [-0.15, -0.1) is 0 Å². The van der Waals surface area contributed by atoms with Crippen molar-refractivity contribution in [1.82, 2.24) is 5.32 Å². The van der Waals surface area contributed by atoms with Crippen LogP contribution in [0.5, 0.6) is 11.5 Å². The first-order valence-corrected chi connectivity index (χ1v) is 8.77. The van der Waals surface area contributed by atoms with Gasteiger partial charge >= 0.3 is 5.97 Å². The SMILES string of the molecule is COc1cccc(C(C)(CC(=O)O)NC(=O)CCc2ccc(OC)c(F)c2)c1. The molecular weight excluding hydrogens is 365 g/mol. The van der Waals surface area contributed by atoms with Gasteiger partial charge in [-0.1, -0.05) is 18.2 Å². The molecule has 0 saturated carbocycles. The van der Waals surface area contributed by atoms with Crippen molar-refractivity contribution in [2.75, 3.05) is 14.2 Å². The summed E-state index contributed by atoms with van der Waals surface area (Å²) in [6, 6.07) is 11.4. The zero-order valence-electron chi connectivity index (χ0n) is 16.1. The molecule has 1 atom stereocenters. The van der Waals surface area contributed by atoms with Crippen LogP contribution in [0.25, 0.3) is 0 Å². The molecule has 0 radical (unpaired) electrons. The van der Waals surface area contributed by atoms with Gasteiger partial charge in [0, 0.05) is 6.42 Å². The van der Waals surface area contributed by atoms with Gasteiger partial charge in [0.2, 0.25) is 5.91 Å². The van der Waals surface area contributed by atoms with Crippen LogP contribution < -0.4 is 14.8 Å². The van der Waals surface area contributed by atoms with Crippen LogP contribution in [0.15, 0.2) is 42.5 Å². The Bertz CT molecular complexity index is 854. The van der Waals surface area contributed by atoms with Crippen molar-refractivity contribution in [3.63, 3.8) is 0 Å². The van der Waals surface area contributed by atoms with E-state index in [0.717, 1.165) is 0 Å². The monoisotopic (exact) mass is 389 g/mol. The highest BCUT2D eigenvalue weighted by atomic mass is 19.1. The number of amides is 1. The summed E-state index contributed by atoms with van der Waals surface area (Å²) in [4.78, 5) is 23.9. The van der Waals surface area contributed by atoms with E-state index >= 15 is 0 Å². The number of carboxylic acids is 1. The highest BCUT2D eigenvalue weighted by molar-refractivity contribution is 5.79. The largest absolute Gasteiger partial charge is 0.497 e. The average Bonchev–Trinajstić information content (AvgIpc) is 2.66. The third kappa shape index (κ3) is 5.45. The number of benzene rings is 2. The van der Waals surface area contributed by atoms with Gasteiger partial charge in [0.15, 0.2) is 11.6 Å². The maximum atomic E-state index is 13.8. The number of hydrogen-bond acceptors (Lipinski definition) is 4.